The molecule has 1 aliphatic heterocycles. The average molecular weight is 313 g/mol. The highest BCUT2D eigenvalue weighted by Crippen LogP contribution is 2.28. The molecule has 0 aromatic heterocycles. The molecule has 2 atom stereocenters. The summed E-state index contributed by atoms with van der Waals surface area (Å²) >= 11 is 0. The second-order valence-corrected chi connectivity index (χ2v) is 6.12. The summed E-state index contributed by atoms with van der Waals surface area (Å²) in [6.45, 7) is 2.81. The third kappa shape index (κ3) is 3.38. The van der Waals surface area contributed by atoms with Gasteiger partial charge in [-0.25, -0.2) is 0 Å². The number of hydrogen-bond donors (Lipinski definition) is 0. The predicted molar refractivity (Wildman–Crippen MR) is 85.6 cm³/mol. The van der Waals surface area contributed by atoms with Crippen LogP contribution in [0.2, 0.25) is 0 Å². The Bertz CT molecular complexity index is 592. The molecule has 0 N–H and O–H groups in total. The van der Waals surface area contributed by atoms with Crippen molar-refractivity contribution >= 4 is 17.6 Å². The molecule has 1 aromatic carbocycles. The highest BCUT2D eigenvalue weighted by Gasteiger charge is 2.34. The van der Waals surface area contributed by atoms with Gasteiger partial charge in [0.15, 0.2) is 0 Å². The van der Waals surface area contributed by atoms with E-state index in [1.54, 1.807) is 4.90 Å². The normalized spacial score (nSPS) is 24.5. The Hall–Kier alpha value is -2.30. The maximum Gasteiger partial charge on any atom is 0.226 e. The summed E-state index contributed by atoms with van der Waals surface area (Å²) in [4.78, 5) is 28.0. The molecule has 5 heteroatoms. The number of aliphatic carboxylic acids is 1. The number of piperazine rings is 1. The first-order chi connectivity index (χ1) is 11.2. The number of carbonyl (C=O) groups excluding carboxylic acids is 2. The number of rotatable bonds is 3. The fourth-order valence-corrected chi connectivity index (χ4v) is 3.41. The summed E-state index contributed by atoms with van der Waals surface area (Å²) in [5, 5.41) is 11.3. The molecule has 23 heavy (non-hydrogen) atoms. The van der Waals surface area contributed by atoms with Crippen molar-refractivity contribution in [2.24, 2.45) is 11.8 Å². The van der Waals surface area contributed by atoms with Crippen LogP contribution in [0.25, 0.3) is 0 Å². The van der Waals surface area contributed by atoms with Crippen LogP contribution in [0.3, 0.4) is 0 Å². The van der Waals surface area contributed by atoms with E-state index in [1.165, 1.54) is 0 Å². The van der Waals surface area contributed by atoms with E-state index in [1.807, 2.05) is 30.4 Å². The Morgan fingerprint density at radius 3 is 2.13 bits per heavy atom. The number of amides is 1. The standard InChI is InChI=1S/C18H22N2O3/c21-17(15-8-4-5-9-16(15)18(22)23)20-12-10-19(11-13-20)14-6-2-1-3-7-14/h1-7,15-16H,8-13H2,(H,22,23)/p-1/t15-,16-/m0/s1. The number of benzene rings is 1. The van der Waals surface area contributed by atoms with Gasteiger partial charge < -0.3 is 19.7 Å². The van der Waals surface area contributed by atoms with Crippen molar-refractivity contribution in [1.29, 1.82) is 0 Å². The van der Waals surface area contributed by atoms with Gasteiger partial charge in [0.25, 0.3) is 0 Å². The maximum atomic E-state index is 12.7. The summed E-state index contributed by atoms with van der Waals surface area (Å²) in [6.07, 6.45) is 4.62. The molecular weight excluding hydrogens is 292 g/mol. The number of allylic oxidation sites excluding steroid dienone is 2. The first-order valence-corrected chi connectivity index (χ1v) is 8.11. The van der Waals surface area contributed by atoms with E-state index in [9.17, 15) is 14.7 Å². The van der Waals surface area contributed by atoms with Crippen LogP contribution in [0, 0.1) is 11.8 Å². The molecule has 122 valence electrons. The number of anilines is 1. The van der Waals surface area contributed by atoms with Gasteiger partial charge in [0.1, 0.15) is 0 Å². The van der Waals surface area contributed by atoms with Crippen molar-refractivity contribution in [2.75, 3.05) is 31.1 Å². The molecule has 3 rings (SSSR count). The van der Waals surface area contributed by atoms with Crippen molar-refractivity contribution in [1.82, 2.24) is 4.90 Å². The van der Waals surface area contributed by atoms with E-state index < -0.39 is 17.8 Å². The van der Waals surface area contributed by atoms with Gasteiger partial charge in [-0.15, -0.1) is 0 Å². The molecule has 0 radical (unpaired) electrons. The molecule has 0 bridgehead atoms. The van der Waals surface area contributed by atoms with Crippen LogP contribution in [0.1, 0.15) is 12.8 Å². The van der Waals surface area contributed by atoms with Crippen LogP contribution in [-0.2, 0) is 9.59 Å². The van der Waals surface area contributed by atoms with Gasteiger partial charge >= 0.3 is 0 Å². The van der Waals surface area contributed by atoms with E-state index in [4.69, 9.17) is 0 Å². The number of carboxylic acids is 1. The Labute approximate surface area is 136 Å². The Kier molecular flexibility index (Phi) is 4.65. The summed E-state index contributed by atoms with van der Waals surface area (Å²) in [7, 11) is 0. The SMILES string of the molecule is O=C([O-])[C@H]1CC=CC[C@@H]1C(=O)N1CCN(c2ccccc2)CC1. The lowest BCUT2D eigenvalue weighted by molar-refractivity contribution is -0.313. The molecule has 2 aliphatic rings. The van der Waals surface area contributed by atoms with E-state index in [2.05, 4.69) is 17.0 Å². The average Bonchev–Trinajstić information content (AvgIpc) is 2.62. The zero-order chi connectivity index (χ0) is 16.2. The zero-order valence-electron chi connectivity index (χ0n) is 13.1. The quantitative estimate of drug-likeness (QED) is 0.769. The molecule has 1 saturated heterocycles. The summed E-state index contributed by atoms with van der Waals surface area (Å²) in [5.74, 6) is -2.33. The molecular formula is C18H21N2O3-. The largest absolute Gasteiger partial charge is 0.550 e. The van der Waals surface area contributed by atoms with Crippen molar-refractivity contribution < 1.29 is 14.7 Å². The van der Waals surface area contributed by atoms with E-state index in [-0.39, 0.29) is 5.91 Å². The third-order valence-electron chi connectivity index (χ3n) is 4.77. The first-order valence-electron chi connectivity index (χ1n) is 8.11. The molecule has 0 unspecified atom stereocenters. The summed E-state index contributed by atoms with van der Waals surface area (Å²) in [6, 6.07) is 10.1. The lowest BCUT2D eigenvalue weighted by Crippen LogP contribution is -2.52. The smallest absolute Gasteiger partial charge is 0.226 e. The molecule has 5 nitrogen and oxygen atoms in total. The molecule has 0 saturated carbocycles. The minimum Gasteiger partial charge on any atom is -0.550 e. The van der Waals surface area contributed by atoms with Crippen molar-refractivity contribution in [3.8, 4) is 0 Å². The minimum atomic E-state index is -1.12. The number of hydrogen-bond acceptors (Lipinski definition) is 4. The lowest BCUT2D eigenvalue weighted by Gasteiger charge is -2.39. The Morgan fingerprint density at radius 2 is 1.52 bits per heavy atom. The van der Waals surface area contributed by atoms with Crippen LogP contribution >= 0.6 is 0 Å². The number of carbonyl (C=O) groups is 2. The molecule has 1 amide bonds. The van der Waals surface area contributed by atoms with Crippen LogP contribution in [0.4, 0.5) is 5.69 Å². The second-order valence-electron chi connectivity index (χ2n) is 6.12. The molecule has 1 aliphatic carbocycles. The Morgan fingerprint density at radius 1 is 0.913 bits per heavy atom. The van der Waals surface area contributed by atoms with Crippen molar-refractivity contribution in [2.45, 2.75) is 12.8 Å². The topological polar surface area (TPSA) is 63.7 Å². The number of carboxylic acid groups (broad SMARTS) is 1. The number of para-hydroxylation sites is 1. The van der Waals surface area contributed by atoms with Gasteiger partial charge in [0, 0.05) is 49.7 Å². The lowest BCUT2D eigenvalue weighted by atomic mass is 9.82. The van der Waals surface area contributed by atoms with Crippen LogP contribution in [-0.4, -0.2) is 43.0 Å². The van der Waals surface area contributed by atoms with Crippen molar-refractivity contribution in [3.63, 3.8) is 0 Å². The third-order valence-corrected chi connectivity index (χ3v) is 4.77. The van der Waals surface area contributed by atoms with Crippen molar-refractivity contribution in [3.05, 3.63) is 42.5 Å². The second kappa shape index (κ2) is 6.86. The minimum absolute atomic E-state index is 0.0451. The van der Waals surface area contributed by atoms with Crippen LogP contribution in [0.5, 0.6) is 0 Å². The molecule has 0 spiro atoms. The maximum absolute atomic E-state index is 12.7. The van der Waals surface area contributed by atoms with Gasteiger partial charge in [0.2, 0.25) is 5.91 Å². The fourth-order valence-electron chi connectivity index (χ4n) is 3.41. The number of nitrogens with zero attached hydrogens (tertiary/aromatic N) is 2. The van der Waals surface area contributed by atoms with Gasteiger partial charge in [-0.05, 0) is 25.0 Å². The van der Waals surface area contributed by atoms with E-state index in [0.29, 0.717) is 25.9 Å². The highest BCUT2D eigenvalue weighted by atomic mass is 16.4. The molecule has 1 fully saturated rings. The monoisotopic (exact) mass is 313 g/mol. The van der Waals surface area contributed by atoms with E-state index in [0.717, 1.165) is 18.8 Å². The molecule has 1 heterocycles. The van der Waals surface area contributed by atoms with Gasteiger partial charge in [0.05, 0.1) is 0 Å². The van der Waals surface area contributed by atoms with E-state index >= 15 is 0 Å². The predicted octanol–water partition coefficient (Wildman–Crippen LogP) is 0.667. The summed E-state index contributed by atoms with van der Waals surface area (Å²) in [5.41, 5.74) is 1.16. The first kappa shape index (κ1) is 15.6. The van der Waals surface area contributed by atoms with Gasteiger partial charge in [-0.1, -0.05) is 30.4 Å². The fraction of sp³-hybridized carbons (Fsp3) is 0.444. The van der Waals surface area contributed by atoms with Gasteiger partial charge in [-0.3, -0.25) is 4.79 Å². The highest BCUT2D eigenvalue weighted by molar-refractivity contribution is 5.85. The summed E-state index contributed by atoms with van der Waals surface area (Å²) < 4.78 is 0. The molecule has 1 aromatic rings. The van der Waals surface area contributed by atoms with Crippen LogP contribution in [0.15, 0.2) is 42.5 Å². The zero-order valence-corrected chi connectivity index (χ0v) is 13.1. The Balaban J connectivity index is 1.62. The van der Waals surface area contributed by atoms with Crippen LogP contribution < -0.4 is 10.0 Å². The van der Waals surface area contributed by atoms with Gasteiger partial charge in [-0.2, -0.15) is 0 Å².